The lowest BCUT2D eigenvalue weighted by atomic mass is 10.1. The number of benzene rings is 3. The van der Waals surface area contributed by atoms with E-state index >= 15 is 0 Å². The topological polar surface area (TPSA) is 56.2 Å². The van der Waals surface area contributed by atoms with Crippen LogP contribution in [0.1, 0.15) is 32.9 Å². The summed E-state index contributed by atoms with van der Waals surface area (Å²) in [6.07, 6.45) is 0. The van der Waals surface area contributed by atoms with Crippen molar-refractivity contribution in [3.8, 4) is 5.75 Å². The molecule has 0 aliphatic rings. The third-order valence-electron chi connectivity index (χ3n) is 5.44. The van der Waals surface area contributed by atoms with Gasteiger partial charge in [-0.2, -0.15) is 5.10 Å². The highest BCUT2D eigenvalue weighted by Gasteiger charge is 2.17. The van der Waals surface area contributed by atoms with E-state index in [2.05, 4.69) is 26.3 Å². The molecule has 4 rings (SSSR count). The van der Waals surface area contributed by atoms with Crippen molar-refractivity contribution in [1.82, 2.24) is 9.78 Å². The van der Waals surface area contributed by atoms with Crippen LogP contribution in [0.25, 0.3) is 0 Å². The highest BCUT2D eigenvalue weighted by atomic mass is 79.9. The van der Waals surface area contributed by atoms with Crippen molar-refractivity contribution in [1.29, 1.82) is 0 Å². The van der Waals surface area contributed by atoms with Crippen LogP contribution in [0.15, 0.2) is 71.2 Å². The van der Waals surface area contributed by atoms with E-state index in [1.54, 1.807) is 35.0 Å². The van der Waals surface area contributed by atoms with Crippen LogP contribution in [0.5, 0.6) is 5.75 Å². The van der Waals surface area contributed by atoms with Crippen molar-refractivity contribution in [2.45, 2.75) is 27.0 Å². The average Bonchev–Trinajstić information content (AvgIpc) is 3.08. The Bertz CT molecular complexity index is 1320. The van der Waals surface area contributed by atoms with Gasteiger partial charge in [0.25, 0.3) is 5.91 Å². The van der Waals surface area contributed by atoms with Gasteiger partial charge in [-0.25, -0.2) is 0 Å². The molecule has 34 heavy (non-hydrogen) atoms. The monoisotopic (exact) mass is 557 g/mol. The Morgan fingerprint density at radius 3 is 2.35 bits per heavy atom. The molecule has 0 aliphatic heterocycles. The first-order chi connectivity index (χ1) is 16.3. The predicted octanol–water partition coefficient (Wildman–Crippen LogP) is 7.45. The van der Waals surface area contributed by atoms with Gasteiger partial charge in [0.2, 0.25) is 0 Å². The van der Waals surface area contributed by atoms with Crippen LogP contribution in [-0.2, 0) is 13.2 Å². The summed E-state index contributed by atoms with van der Waals surface area (Å²) in [5.41, 5.74) is 4.51. The van der Waals surface area contributed by atoms with E-state index in [0.29, 0.717) is 40.1 Å². The van der Waals surface area contributed by atoms with Gasteiger partial charge in [-0.15, -0.1) is 0 Å². The number of anilines is 1. The van der Waals surface area contributed by atoms with Gasteiger partial charge in [-0.05, 0) is 71.7 Å². The molecule has 0 spiro atoms. The summed E-state index contributed by atoms with van der Waals surface area (Å²) >= 11 is 16.1. The lowest BCUT2D eigenvalue weighted by Gasteiger charge is -2.10. The third kappa shape index (κ3) is 5.46. The molecule has 0 bridgehead atoms. The molecular formula is C26H22BrCl2N3O2. The zero-order valence-electron chi connectivity index (χ0n) is 18.6. The Hall–Kier alpha value is -2.80. The number of carbonyl (C=O) groups is 1. The van der Waals surface area contributed by atoms with E-state index in [1.807, 2.05) is 50.2 Å². The highest BCUT2D eigenvalue weighted by Crippen LogP contribution is 2.28. The maximum Gasteiger partial charge on any atom is 0.255 e. The van der Waals surface area contributed by atoms with Crippen molar-refractivity contribution in [3.05, 3.63) is 109 Å². The van der Waals surface area contributed by atoms with Crippen LogP contribution in [0.2, 0.25) is 10.0 Å². The molecule has 0 saturated carbocycles. The number of amides is 1. The van der Waals surface area contributed by atoms with Gasteiger partial charge in [-0.3, -0.25) is 9.48 Å². The van der Waals surface area contributed by atoms with Crippen molar-refractivity contribution in [2.24, 2.45) is 0 Å². The molecular weight excluding hydrogens is 537 g/mol. The summed E-state index contributed by atoms with van der Waals surface area (Å²) in [6, 6.07) is 20.4. The number of aromatic nitrogens is 2. The summed E-state index contributed by atoms with van der Waals surface area (Å²) < 4.78 is 8.53. The highest BCUT2D eigenvalue weighted by molar-refractivity contribution is 9.10. The van der Waals surface area contributed by atoms with E-state index in [0.717, 1.165) is 27.0 Å². The molecule has 4 aromatic rings. The molecule has 8 heteroatoms. The van der Waals surface area contributed by atoms with Crippen LogP contribution in [0.3, 0.4) is 0 Å². The van der Waals surface area contributed by atoms with E-state index in [1.165, 1.54) is 0 Å². The zero-order chi connectivity index (χ0) is 24.2. The minimum Gasteiger partial charge on any atom is -0.488 e. The fraction of sp³-hybridized carbons (Fsp3) is 0.154. The number of ether oxygens (including phenoxy) is 1. The fourth-order valence-electron chi connectivity index (χ4n) is 3.53. The lowest BCUT2D eigenvalue weighted by Crippen LogP contribution is -2.13. The third-order valence-corrected chi connectivity index (χ3v) is 6.80. The molecule has 3 aromatic carbocycles. The predicted molar refractivity (Wildman–Crippen MR) is 140 cm³/mol. The molecule has 1 amide bonds. The molecule has 0 fully saturated rings. The Kier molecular flexibility index (Phi) is 7.61. The number of nitrogens with zero attached hydrogens (tertiary/aromatic N) is 2. The molecule has 0 unspecified atom stereocenters. The maximum absolute atomic E-state index is 12.9. The van der Waals surface area contributed by atoms with Crippen molar-refractivity contribution >= 4 is 50.7 Å². The van der Waals surface area contributed by atoms with Gasteiger partial charge in [0.15, 0.2) is 0 Å². The van der Waals surface area contributed by atoms with Gasteiger partial charge in [0.1, 0.15) is 12.4 Å². The summed E-state index contributed by atoms with van der Waals surface area (Å²) in [5, 5.41) is 8.72. The minimum atomic E-state index is -0.209. The van der Waals surface area contributed by atoms with E-state index in [4.69, 9.17) is 27.9 Å². The second-order valence-corrected chi connectivity index (χ2v) is 9.44. The second kappa shape index (κ2) is 10.6. The molecule has 1 heterocycles. The second-order valence-electron chi connectivity index (χ2n) is 7.77. The number of halogens is 3. The molecule has 1 aromatic heterocycles. The first-order valence-electron chi connectivity index (χ1n) is 10.6. The molecule has 174 valence electrons. The number of rotatable bonds is 7. The molecule has 0 radical (unpaired) electrons. The van der Waals surface area contributed by atoms with Gasteiger partial charge in [0, 0.05) is 21.2 Å². The molecule has 1 N–H and O–H groups in total. The first-order valence-corrected chi connectivity index (χ1v) is 12.1. The van der Waals surface area contributed by atoms with E-state index in [-0.39, 0.29) is 5.91 Å². The SMILES string of the molecule is Cc1nn(Cc2c(Cl)cccc2Cl)c(C)c1NC(=O)c1ccc(COc2ccccc2Br)cc1. The summed E-state index contributed by atoms with van der Waals surface area (Å²) in [7, 11) is 0. The van der Waals surface area contributed by atoms with Crippen LogP contribution < -0.4 is 10.1 Å². The quantitative estimate of drug-likeness (QED) is 0.256. The smallest absolute Gasteiger partial charge is 0.255 e. The summed E-state index contributed by atoms with van der Waals surface area (Å²) in [4.78, 5) is 12.9. The molecule has 0 saturated heterocycles. The van der Waals surface area contributed by atoms with Gasteiger partial charge in [-0.1, -0.05) is 53.5 Å². The van der Waals surface area contributed by atoms with Crippen molar-refractivity contribution < 1.29 is 9.53 Å². The number of para-hydroxylation sites is 1. The van der Waals surface area contributed by atoms with Gasteiger partial charge in [0.05, 0.1) is 28.1 Å². The van der Waals surface area contributed by atoms with Crippen LogP contribution in [-0.4, -0.2) is 15.7 Å². The van der Waals surface area contributed by atoms with E-state index in [9.17, 15) is 4.79 Å². The van der Waals surface area contributed by atoms with Gasteiger partial charge >= 0.3 is 0 Å². The average molecular weight is 559 g/mol. The summed E-state index contributed by atoms with van der Waals surface area (Å²) in [6.45, 7) is 4.57. The van der Waals surface area contributed by atoms with E-state index < -0.39 is 0 Å². The van der Waals surface area contributed by atoms with Crippen molar-refractivity contribution in [2.75, 3.05) is 5.32 Å². The van der Waals surface area contributed by atoms with Gasteiger partial charge < -0.3 is 10.1 Å². The maximum atomic E-state index is 12.9. The lowest BCUT2D eigenvalue weighted by molar-refractivity contribution is 0.102. The standard InChI is InChI=1S/C26H22BrCl2N3O2/c1-16-25(17(2)32(31-16)14-20-22(28)7-5-8-23(20)29)30-26(33)19-12-10-18(11-13-19)15-34-24-9-4-3-6-21(24)27/h3-13H,14-15H2,1-2H3,(H,30,33). The first kappa shape index (κ1) is 24.3. The van der Waals surface area contributed by atoms with Crippen molar-refractivity contribution in [3.63, 3.8) is 0 Å². The number of nitrogens with one attached hydrogen (secondary N) is 1. The zero-order valence-corrected chi connectivity index (χ0v) is 21.7. The molecule has 0 aliphatic carbocycles. The van der Waals surface area contributed by atoms with Crippen LogP contribution in [0.4, 0.5) is 5.69 Å². The number of aryl methyl sites for hydroxylation is 1. The Morgan fingerprint density at radius 1 is 1.00 bits per heavy atom. The van der Waals surface area contributed by atoms with Crippen LogP contribution >= 0.6 is 39.1 Å². The Morgan fingerprint density at radius 2 is 1.68 bits per heavy atom. The molecule has 5 nitrogen and oxygen atoms in total. The Labute approximate surface area is 216 Å². The Balaban J connectivity index is 1.44. The fourth-order valence-corrected chi connectivity index (χ4v) is 4.44. The summed E-state index contributed by atoms with van der Waals surface area (Å²) in [5.74, 6) is 0.560. The normalized spacial score (nSPS) is 10.9. The number of carbonyl (C=O) groups excluding carboxylic acids is 1. The molecule has 0 atom stereocenters. The van der Waals surface area contributed by atoms with Crippen LogP contribution in [0, 0.1) is 13.8 Å². The number of hydrogen-bond acceptors (Lipinski definition) is 3. The number of hydrogen-bond donors (Lipinski definition) is 1. The largest absolute Gasteiger partial charge is 0.488 e. The minimum absolute atomic E-state index is 0.209.